The van der Waals surface area contributed by atoms with E-state index in [2.05, 4.69) is 10.2 Å². The lowest BCUT2D eigenvalue weighted by molar-refractivity contribution is 0.465. The molecule has 2 heterocycles. The van der Waals surface area contributed by atoms with Crippen molar-refractivity contribution < 1.29 is 9.52 Å². The first kappa shape index (κ1) is 17.5. The van der Waals surface area contributed by atoms with E-state index in [0.717, 1.165) is 5.56 Å². The normalized spacial score (nSPS) is 11.0. The van der Waals surface area contributed by atoms with Crippen LogP contribution in [-0.2, 0) is 12.8 Å². The smallest absolute Gasteiger partial charge is 0.336 e. The summed E-state index contributed by atoms with van der Waals surface area (Å²) in [4.78, 5) is 34.6. The van der Waals surface area contributed by atoms with Gasteiger partial charge in [0.15, 0.2) is 0 Å². The topological polar surface area (TPSA) is 116 Å². The second kappa shape index (κ2) is 7.03. The Morgan fingerprint density at radius 2 is 1.68 bits per heavy atom. The summed E-state index contributed by atoms with van der Waals surface area (Å²) in [6.45, 7) is 0. The summed E-state index contributed by atoms with van der Waals surface area (Å²) in [6, 6.07) is 15.3. The fraction of sp³-hybridized carbons (Fsp3) is 0.0952. The van der Waals surface area contributed by atoms with E-state index in [1.165, 1.54) is 18.2 Å². The Hall–Kier alpha value is -3.87. The predicted octanol–water partition coefficient (Wildman–Crippen LogP) is 2.33. The molecule has 3 N–H and O–H groups in total. The molecule has 140 valence electrons. The number of aromatic hydroxyl groups is 1. The molecule has 0 saturated carbocycles. The fourth-order valence-electron chi connectivity index (χ4n) is 3.16. The number of hydrogen-bond donors (Lipinski definition) is 3. The van der Waals surface area contributed by atoms with Crippen molar-refractivity contribution in [3.05, 3.63) is 96.9 Å². The maximum absolute atomic E-state index is 11.9. The van der Waals surface area contributed by atoms with Gasteiger partial charge in [-0.25, -0.2) is 4.79 Å². The van der Waals surface area contributed by atoms with Crippen LogP contribution in [0.2, 0.25) is 0 Å². The number of aromatic amines is 2. The van der Waals surface area contributed by atoms with Gasteiger partial charge in [-0.3, -0.25) is 14.7 Å². The van der Waals surface area contributed by atoms with Gasteiger partial charge in [-0.15, -0.1) is 0 Å². The Labute approximate surface area is 157 Å². The van der Waals surface area contributed by atoms with E-state index in [1.54, 1.807) is 6.07 Å². The summed E-state index contributed by atoms with van der Waals surface area (Å²) in [6.07, 6.45) is 0.819. The minimum atomic E-state index is -0.708. The lowest BCUT2D eigenvalue weighted by Crippen LogP contribution is -2.27. The summed E-state index contributed by atoms with van der Waals surface area (Å²) in [5.41, 5.74) is 1.23. The Morgan fingerprint density at radius 1 is 0.893 bits per heavy atom. The van der Waals surface area contributed by atoms with Crippen molar-refractivity contribution in [1.82, 2.24) is 10.2 Å². The van der Waals surface area contributed by atoms with Gasteiger partial charge < -0.3 is 14.6 Å². The Kier molecular flexibility index (Phi) is 4.41. The molecule has 4 aromatic rings. The average Bonchev–Trinajstić information content (AvgIpc) is 2.69. The van der Waals surface area contributed by atoms with E-state index in [0.29, 0.717) is 40.6 Å². The summed E-state index contributed by atoms with van der Waals surface area (Å²) in [5, 5.41) is 16.0. The third-order valence-corrected chi connectivity index (χ3v) is 4.56. The van der Waals surface area contributed by atoms with Crippen molar-refractivity contribution in [2.24, 2.45) is 0 Å². The number of phenolic OH excluding ortho intramolecular Hbond substituents is 1. The lowest BCUT2D eigenvalue weighted by atomic mass is 9.98. The van der Waals surface area contributed by atoms with Gasteiger partial charge in [0.25, 0.3) is 0 Å². The molecular formula is C21H16N2O5. The van der Waals surface area contributed by atoms with Gasteiger partial charge in [-0.1, -0.05) is 30.3 Å². The highest BCUT2D eigenvalue weighted by atomic mass is 16.4. The van der Waals surface area contributed by atoms with E-state index in [1.807, 2.05) is 30.3 Å². The molecule has 0 aliphatic heterocycles. The number of aryl methyl sites for hydroxylation is 2. The molecule has 0 atom stereocenters. The van der Waals surface area contributed by atoms with Crippen LogP contribution in [0.3, 0.4) is 0 Å². The monoisotopic (exact) mass is 376 g/mol. The van der Waals surface area contributed by atoms with Crippen LogP contribution in [0.25, 0.3) is 22.1 Å². The van der Waals surface area contributed by atoms with Gasteiger partial charge >= 0.3 is 11.2 Å². The van der Waals surface area contributed by atoms with Gasteiger partial charge in [0.05, 0.1) is 0 Å². The van der Waals surface area contributed by atoms with Crippen LogP contribution in [0.4, 0.5) is 0 Å². The highest BCUT2D eigenvalue weighted by Crippen LogP contribution is 2.32. The first-order valence-electron chi connectivity index (χ1n) is 8.67. The van der Waals surface area contributed by atoms with Crippen LogP contribution in [0.1, 0.15) is 11.3 Å². The minimum Gasteiger partial charge on any atom is -0.508 e. The Balaban J connectivity index is 1.77. The second-order valence-corrected chi connectivity index (χ2v) is 6.44. The molecule has 7 heteroatoms. The lowest BCUT2D eigenvalue weighted by Gasteiger charge is -2.10. The van der Waals surface area contributed by atoms with Crippen molar-refractivity contribution in [3.8, 4) is 16.9 Å². The first-order valence-corrected chi connectivity index (χ1v) is 8.67. The highest BCUT2D eigenvalue weighted by Gasteiger charge is 2.12. The van der Waals surface area contributed by atoms with Crippen molar-refractivity contribution in [2.45, 2.75) is 12.8 Å². The van der Waals surface area contributed by atoms with Crippen molar-refractivity contribution in [1.29, 1.82) is 0 Å². The number of aromatic nitrogens is 2. The van der Waals surface area contributed by atoms with Crippen molar-refractivity contribution in [3.63, 3.8) is 0 Å². The van der Waals surface area contributed by atoms with E-state index < -0.39 is 16.6 Å². The zero-order valence-corrected chi connectivity index (χ0v) is 14.7. The molecule has 0 unspecified atom stereocenters. The Bertz CT molecular complexity index is 1330. The minimum absolute atomic E-state index is 0.00682. The molecule has 0 aliphatic rings. The number of rotatable bonds is 4. The van der Waals surface area contributed by atoms with E-state index in [-0.39, 0.29) is 5.75 Å². The average molecular weight is 376 g/mol. The van der Waals surface area contributed by atoms with Crippen LogP contribution in [0.15, 0.2) is 73.4 Å². The van der Waals surface area contributed by atoms with Crippen LogP contribution in [0.5, 0.6) is 5.75 Å². The molecule has 0 bridgehead atoms. The van der Waals surface area contributed by atoms with Gasteiger partial charge in [0.2, 0.25) is 5.43 Å². The number of benzene rings is 2. The third-order valence-electron chi connectivity index (χ3n) is 4.56. The zero-order valence-electron chi connectivity index (χ0n) is 14.7. The SMILES string of the molecule is O=c1cc(-c2ccccc2)c2cc(CCc3cc(=O)c(=O)[nH][nH]3)c(O)cc2o1. The zero-order chi connectivity index (χ0) is 19.7. The quantitative estimate of drug-likeness (QED) is 0.373. The molecule has 0 fully saturated rings. The highest BCUT2D eigenvalue weighted by molar-refractivity contribution is 5.94. The number of H-pyrrole nitrogens is 2. The molecule has 0 amide bonds. The largest absolute Gasteiger partial charge is 0.508 e. The maximum atomic E-state index is 11.9. The fourth-order valence-corrected chi connectivity index (χ4v) is 3.16. The summed E-state index contributed by atoms with van der Waals surface area (Å²) >= 11 is 0. The van der Waals surface area contributed by atoms with E-state index >= 15 is 0 Å². The van der Waals surface area contributed by atoms with Crippen LogP contribution < -0.4 is 16.6 Å². The third kappa shape index (κ3) is 3.37. The predicted molar refractivity (Wildman–Crippen MR) is 105 cm³/mol. The number of nitrogens with one attached hydrogen (secondary N) is 2. The van der Waals surface area contributed by atoms with Crippen LogP contribution in [-0.4, -0.2) is 15.3 Å². The van der Waals surface area contributed by atoms with Gasteiger partial charge in [-0.2, -0.15) is 0 Å². The number of fused-ring (bicyclic) bond motifs is 1. The first-order chi connectivity index (χ1) is 13.5. The molecule has 2 aromatic heterocycles. The summed E-state index contributed by atoms with van der Waals surface area (Å²) in [7, 11) is 0. The molecule has 2 aromatic carbocycles. The summed E-state index contributed by atoms with van der Waals surface area (Å²) in [5.74, 6) is -0.00682. The molecule has 7 nitrogen and oxygen atoms in total. The van der Waals surface area contributed by atoms with E-state index in [9.17, 15) is 19.5 Å². The molecule has 0 saturated heterocycles. The van der Waals surface area contributed by atoms with Crippen molar-refractivity contribution >= 4 is 11.0 Å². The van der Waals surface area contributed by atoms with Crippen molar-refractivity contribution in [2.75, 3.05) is 0 Å². The second-order valence-electron chi connectivity index (χ2n) is 6.44. The van der Waals surface area contributed by atoms with Gasteiger partial charge in [0.1, 0.15) is 11.3 Å². The summed E-state index contributed by atoms with van der Waals surface area (Å²) < 4.78 is 5.25. The van der Waals surface area contributed by atoms with Gasteiger partial charge in [0, 0.05) is 29.3 Å². The van der Waals surface area contributed by atoms with Crippen LogP contribution in [0, 0.1) is 0 Å². The maximum Gasteiger partial charge on any atom is 0.336 e. The van der Waals surface area contributed by atoms with Gasteiger partial charge in [-0.05, 0) is 35.6 Å². The standard InChI is InChI=1S/C21H16N2O5/c24-17-11-19-16(15(10-20(26)28-19)12-4-2-1-3-5-12)8-13(17)6-7-14-9-18(25)21(27)23-22-14/h1-5,8-11,24H,6-7H2,(H,22,25)(H,23,27). The molecule has 0 aliphatic carbocycles. The molecular weight excluding hydrogens is 360 g/mol. The Morgan fingerprint density at radius 3 is 2.43 bits per heavy atom. The molecule has 0 spiro atoms. The molecule has 28 heavy (non-hydrogen) atoms. The van der Waals surface area contributed by atoms with Crippen LogP contribution >= 0.6 is 0 Å². The number of phenols is 1. The molecule has 0 radical (unpaired) electrons. The van der Waals surface area contributed by atoms with E-state index in [4.69, 9.17) is 4.42 Å². The molecule has 4 rings (SSSR count). The number of hydrogen-bond acceptors (Lipinski definition) is 5.